The van der Waals surface area contributed by atoms with E-state index in [1.165, 1.54) is 5.01 Å². The van der Waals surface area contributed by atoms with Gasteiger partial charge in [0.25, 0.3) is 11.8 Å². The van der Waals surface area contributed by atoms with E-state index in [1.54, 1.807) is 36.4 Å². The summed E-state index contributed by atoms with van der Waals surface area (Å²) >= 11 is 3.39. The smallest absolute Gasteiger partial charge is 0.282 e. The molecule has 24 heavy (non-hydrogen) atoms. The van der Waals surface area contributed by atoms with E-state index in [1.807, 2.05) is 25.1 Å². The lowest BCUT2D eigenvalue weighted by Gasteiger charge is -2.14. The van der Waals surface area contributed by atoms with Gasteiger partial charge in [0.05, 0.1) is 12.3 Å². The molecule has 0 atom stereocenters. The second kappa shape index (κ2) is 6.88. The first kappa shape index (κ1) is 16.3. The Kier molecular flexibility index (Phi) is 4.66. The average molecular weight is 387 g/mol. The SMILES string of the molecule is CCOc1ccc(Br)cc1/C=C1/C(=O)NN(c2ccccc2)C1=O. The molecular formula is C18H15BrN2O3. The predicted octanol–water partition coefficient (Wildman–Crippen LogP) is 3.31. The van der Waals surface area contributed by atoms with E-state index in [2.05, 4.69) is 21.4 Å². The van der Waals surface area contributed by atoms with Gasteiger partial charge in [-0.3, -0.25) is 15.0 Å². The monoisotopic (exact) mass is 386 g/mol. The molecule has 1 N–H and O–H groups in total. The predicted molar refractivity (Wildman–Crippen MR) is 95.4 cm³/mol. The quantitative estimate of drug-likeness (QED) is 0.647. The summed E-state index contributed by atoms with van der Waals surface area (Å²) in [6, 6.07) is 14.4. The van der Waals surface area contributed by atoms with Gasteiger partial charge in [-0.2, -0.15) is 0 Å². The molecule has 0 saturated carbocycles. The summed E-state index contributed by atoms with van der Waals surface area (Å²) in [5.74, 6) is -0.216. The zero-order chi connectivity index (χ0) is 17.1. The zero-order valence-corrected chi connectivity index (χ0v) is 14.5. The van der Waals surface area contributed by atoms with Crippen LogP contribution in [0.5, 0.6) is 5.75 Å². The lowest BCUT2D eigenvalue weighted by molar-refractivity contribution is -0.117. The molecule has 6 heteroatoms. The third-order valence-electron chi connectivity index (χ3n) is 3.48. The molecule has 2 amide bonds. The standard InChI is InChI=1S/C18H15BrN2O3/c1-2-24-16-9-8-13(19)10-12(16)11-15-17(22)20-21(18(15)23)14-6-4-3-5-7-14/h3-11H,2H2,1H3,(H,20,22)/b15-11-. The van der Waals surface area contributed by atoms with Gasteiger partial charge in [-0.25, -0.2) is 5.01 Å². The van der Waals surface area contributed by atoms with Crippen LogP contribution in [0.3, 0.4) is 0 Å². The number of carbonyl (C=O) groups excluding carboxylic acids is 2. The van der Waals surface area contributed by atoms with Crippen LogP contribution in [0.2, 0.25) is 0 Å². The van der Waals surface area contributed by atoms with Crippen LogP contribution in [0, 0.1) is 0 Å². The summed E-state index contributed by atoms with van der Waals surface area (Å²) in [6.45, 7) is 2.37. The fraction of sp³-hybridized carbons (Fsp3) is 0.111. The fourth-order valence-corrected chi connectivity index (χ4v) is 2.77. The summed E-state index contributed by atoms with van der Waals surface area (Å²) in [7, 11) is 0. The van der Waals surface area contributed by atoms with Gasteiger partial charge in [-0.05, 0) is 43.3 Å². The number of hydrogen-bond donors (Lipinski definition) is 1. The minimum absolute atomic E-state index is 0.0675. The number of amides is 2. The van der Waals surface area contributed by atoms with Crippen molar-refractivity contribution in [1.29, 1.82) is 0 Å². The van der Waals surface area contributed by atoms with Gasteiger partial charge in [-0.15, -0.1) is 0 Å². The third kappa shape index (κ3) is 3.19. The summed E-state index contributed by atoms with van der Waals surface area (Å²) in [4.78, 5) is 24.8. The Morgan fingerprint density at radius 3 is 2.62 bits per heavy atom. The number of benzene rings is 2. The molecule has 0 bridgehead atoms. The van der Waals surface area contributed by atoms with Crippen LogP contribution in [-0.2, 0) is 9.59 Å². The highest BCUT2D eigenvalue weighted by Gasteiger charge is 2.34. The summed E-state index contributed by atoms with van der Waals surface area (Å²) in [5, 5.41) is 1.24. The second-order valence-corrected chi connectivity index (χ2v) is 6.01. The molecule has 0 unspecified atom stereocenters. The molecule has 1 heterocycles. The molecule has 122 valence electrons. The Labute approximate surface area is 148 Å². The van der Waals surface area contributed by atoms with Gasteiger partial charge in [0.2, 0.25) is 0 Å². The first-order chi connectivity index (χ1) is 11.6. The molecule has 0 aliphatic carbocycles. The van der Waals surface area contributed by atoms with E-state index in [-0.39, 0.29) is 5.57 Å². The minimum atomic E-state index is -0.439. The Balaban J connectivity index is 1.98. The van der Waals surface area contributed by atoms with Gasteiger partial charge >= 0.3 is 0 Å². The number of para-hydroxylation sites is 1. The van der Waals surface area contributed by atoms with Crippen molar-refractivity contribution >= 4 is 39.5 Å². The van der Waals surface area contributed by atoms with Crippen molar-refractivity contribution < 1.29 is 14.3 Å². The van der Waals surface area contributed by atoms with Gasteiger partial charge in [0, 0.05) is 10.0 Å². The van der Waals surface area contributed by atoms with Crippen LogP contribution in [0.1, 0.15) is 12.5 Å². The number of ether oxygens (including phenoxy) is 1. The molecule has 1 fully saturated rings. The van der Waals surface area contributed by atoms with Crippen LogP contribution in [0.4, 0.5) is 5.69 Å². The van der Waals surface area contributed by atoms with Gasteiger partial charge in [0.15, 0.2) is 0 Å². The second-order valence-electron chi connectivity index (χ2n) is 5.09. The van der Waals surface area contributed by atoms with Crippen molar-refractivity contribution in [2.45, 2.75) is 6.92 Å². The van der Waals surface area contributed by atoms with Crippen molar-refractivity contribution in [3.63, 3.8) is 0 Å². The molecular weight excluding hydrogens is 372 g/mol. The van der Waals surface area contributed by atoms with E-state index < -0.39 is 11.8 Å². The molecule has 1 aliphatic heterocycles. The van der Waals surface area contributed by atoms with Crippen LogP contribution < -0.4 is 15.2 Å². The molecule has 0 aromatic heterocycles. The number of nitrogens with one attached hydrogen (secondary N) is 1. The minimum Gasteiger partial charge on any atom is -0.493 e. The highest BCUT2D eigenvalue weighted by Crippen LogP contribution is 2.28. The van der Waals surface area contributed by atoms with Crippen LogP contribution in [0.15, 0.2) is 58.6 Å². The van der Waals surface area contributed by atoms with E-state index in [9.17, 15) is 9.59 Å². The topological polar surface area (TPSA) is 58.6 Å². The number of nitrogens with zero attached hydrogens (tertiary/aromatic N) is 1. The molecule has 3 rings (SSSR count). The largest absolute Gasteiger partial charge is 0.493 e. The van der Waals surface area contributed by atoms with Gasteiger partial charge in [-0.1, -0.05) is 34.1 Å². The van der Waals surface area contributed by atoms with Crippen LogP contribution in [-0.4, -0.2) is 18.4 Å². The van der Waals surface area contributed by atoms with E-state index >= 15 is 0 Å². The summed E-state index contributed by atoms with van der Waals surface area (Å²) in [5.41, 5.74) is 3.92. The third-order valence-corrected chi connectivity index (χ3v) is 3.97. The average Bonchev–Trinajstić information content (AvgIpc) is 2.86. The number of halogens is 1. The van der Waals surface area contributed by atoms with Crippen LogP contribution >= 0.6 is 15.9 Å². The molecule has 0 spiro atoms. The molecule has 1 saturated heterocycles. The highest BCUT2D eigenvalue weighted by atomic mass is 79.9. The van der Waals surface area contributed by atoms with E-state index in [0.717, 1.165) is 4.47 Å². The maximum Gasteiger partial charge on any atom is 0.282 e. The first-order valence-electron chi connectivity index (χ1n) is 7.44. The lowest BCUT2D eigenvalue weighted by Crippen LogP contribution is -2.35. The van der Waals surface area contributed by atoms with E-state index in [0.29, 0.717) is 23.6 Å². The number of anilines is 1. The van der Waals surface area contributed by atoms with Crippen molar-refractivity contribution in [3.8, 4) is 5.75 Å². The lowest BCUT2D eigenvalue weighted by atomic mass is 10.1. The highest BCUT2D eigenvalue weighted by molar-refractivity contribution is 9.10. The number of rotatable bonds is 4. The summed E-state index contributed by atoms with van der Waals surface area (Å²) in [6.07, 6.45) is 1.55. The van der Waals surface area contributed by atoms with Crippen molar-refractivity contribution in [3.05, 3.63) is 64.1 Å². The molecule has 1 aliphatic rings. The van der Waals surface area contributed by atoms with Crippen molar-refractivity contribution in [2.75, 3.05) is 11.6 Å². The Morgan fingerprint density at radius 2 is 1.92 bits per heavy atom. The van der Waals surface area contributed by atoms with Gasteiger partial charge in [0.1, 0.15) is 11.3 Å². The van der Waals surface area contributed by atoms with E-state index in [4.69, 9.17) is 4.74 Å². The molecule has 0 radical (unpaired) electrons. The Morgan fingerprint density at radius 1 is 1.17 bits per heavy atom. The molecule has 5 nitrogen and oxygen atoms in total. The van der Waals surface area contributed by atoms with Crippen molar-refractivity contribution in [2.24, 2.45) is 0 Å². The van der Waals surface area contributed by atoms with Gasteiger partial charge < -0.3 is 4.74 Å². The number of carbonyl (C=O) groups is 2. The Hall–Kier alpha value is -2.60. The van der Waals surface area contributed by atoms with Crippen LogP contribution in [0.25, 0.3) is 6.08 Å². The van der Waals surface area contributed by atoms with Crippen molar-refractivity contribution in [1.82, 2.24) is 5.43 Å². The zero-order valence-electron chi connectivity index (χ0n) is 13.0. The maximum absolute atomic E-state index is 12.6. The molecule has 2 aromatic carbocycles. The summed E-state index contributed by atoms with van der Waals surface area (Å²) < 4.78 is 6.40. The number of hydrogen-bond acceptors (Lipinski definition) is 3. The molecule has 2 aromatic rings. The Bertz CT molecular complexity index is 818. The fourth-order valence-electron chi connectivity index (χ4n) is 2.39. The normalized spacial score (nSPS) is 15.8. The maximum atomic E-state index is 12.6. The first-order valence-corrected chi connectivity index (χ1v) is 8.24. The number of hydrazine groups is 1.